The minimum Gasteiger partial charge on any atom is -0.495 e. The third-order valence-corrected chi connectivity index (χ3v) is 4.00. The van der Waals surface area contributed by atoms with E-state index in [0.29, 0.717) is 11.4 Å². The van der Waals surface area contributed by atoms with Crippen molar-refractivity contribution in [3.63, 3.8) is 0 Å². The maximum Gasteiger partial charge on any atom is 0.230 e. The molecule has 3 N–H and O–H groups in total. The van der Waals surface area contributed by atoms with Crippen LogP contribution in [0.15, 0.2) is 18.2 Å². The lowest BCUT2D eigenvalue weighted by atomic mass is 9.75. The van der Waals surface area contributed by atoms with Gasteiger partial charge in [0, 0.05) is 17.2 Å². The molecule has 0 aliphatic heterocycles. The maximum atomic E-state index is 12.4. The topological polar surface area (TPSA) is 64.3 Å². The largest absolute Gasteiger partial charge is 0.495 e. The predicted molar refractivity (Wildman–Crippen MR) is 77.2 cm³/mol. The fourth-order valence-corrected chi connectivity index (χ4v) is 2.63. The molecule has 0 atom stereocenters. The molecule has 1 aliphatic carbocycles. The highest BCUT2D eigenvalue weighted by Gasteiger charge is 2.34. The highest BCUT2D eigenvalue weighted by atomic mass is 16.5. The third kappa shape index (κ3) is 3.00. The number of nitrogens with two attached hydrogens (primary N) is 1. The summed E-state index contributed by atoms with van der Waals surface area (Å²) in [6, 6.07) is 5.32. The van der Waals surface area contributed by atoms with Crippen molar-refractivity contribution < 1.29 is 9.53 Å². The highest BCUT2D eigenvalue weighted by Crippen LogP contribution is 2.37. The Bertz CT molecular complexity index is 465. The van der Waals surface area contributed by atoms with Crippen molar-refractivity contribution in [1.29, 1.82) is 0 Å². The summed E-state index contributed by atoms with van der Waals surface area (Å²) >= 11 is 0. The quantitative estimate of drug-likeness (QED) is 0.822. The smallest absolute Gasteiger partial charge is 0.230 e. The zero-order valence-electron chi connectivity index (χ0n) is 11.7. The van der Waals surface area contributed by atoms with E-state index >= 15 is 0 Å². The van der Waals surface area contributed by atoms with Crippen LogP contribution in [0.4, 0.5) is 11.4 Å². The normalized spacial score (nSPS) is 17.8. The second-order valence-electron chi connectivity index (χ2n) is 5.53. The van der Waals surface area contributed by atoms with E-state index in [2.05, 4.69) is 12.2 Å². The summed E-state index contributed by atoms with van der Waals surface area (Å²) in [7, 11) is 1.57. The lowest BCUT2D eigenvalue weighted by molar-refractivity contribution is -0.126. The molecule has 1 amide bonds. The van der Waals surface area contributed by atoms with Gasteiger partial charge in [-0.25, -0.2) is 0 Å². The number of benzene rings is 1. The zero-order valence-corrected chi connectivity index (χ0v) is 11.7. The van der Waals surface area contributed by atoms with Gasteiger partial charge in [0.15, 0.2) is 0 Å². The van der Waals surface area contributed by atoms with Crippen molar-refractivity contribution >= 4 is 17.3 Å². The Hall–Kier alpha value is -1.71. The Morgan fingerprint density at radius 3 is 2.63 bits per heavy atom. The van der Waals surface area contributed by atoms with Crippen LogP contribution in [0.3, 0.4) is 0 Å². The molecule has 1 aromatic rings. The van der Waals surface area contributed by atoms with Crippen LogP contribution >= 0.6 is 0 Å². The van der Waals surface area contributed by atoms with Gasteiger partial charge in [-0.15, -0.1) is 0 Å². The lowest BCUT2D eigenvalue weighted by Crippen LogP contribution is -2.35. The van der Waals surface area contributed by atoms with Gasteiger partial charge >= 0.3 is 0 Å². The van der Waals surface area contributed by atoms with Gasteiger partial charge in [0.1, 0.15) is 5.75 Å². The molecule has 1 fully saturated rings. The molecule has 0 spiro atoms. The van der Waals surface area contributed by atoms with Gasteiger partial charge in [-0.3, -0.25) is 4.79 Å². The molecule has 4 heteroatoms. The molecule has 1 aromatic carbocycles. The zero-order chi connectivity index (χ0) is 13.9. The number of rotatable bonds is 3. The molecule has 0 saturated heterocycles. The molecule has 19 heavy (non-hydrogen) atoms. The van der Waals surface area contributed by atoms with Crippen LogP contribution in [0, 0.1) is 5.41 Å². The van der Waals surface area contributed by atoms with Crippen LogP contribution in [0.1, 0.15) is 39.0 Å². The Labute approximate surface area is 114 Å². The molecule has 1 aliphatic rings. The number of anilines is 2. The SMILES string of the molecule is COc1cc(NC(=O)C2(C)CCCCC2)ccc1N. The summed E-state index contributed by atoms with van der Waals surface area (Å²) < 4.78 is 5.16. The van der Waals surface area contributed by atoms with Gasteiger partial charge in [-0.1, -0.05) is 26.2 Å². The Morgan fingerprint density at radius 1 is 1.32 bits per heavy atom. The first kappa shape index (κ1) is 13.7. The van der Waals surface area contributed by atoms with Crippen LogP contribution in [0.25, 0.3) is 0 Å². The van der Waals surface area contributed by atoms with Crippen LogP contribution in [-0.2, 0) is 4.79 Å². The van der Waals surface area contributed by atoms with E-state index in [1.807, 2.05) is 6.07 Å². The molecule has 0 unspecified atom stereocenters. The molecular formula is C15H22N2O2. The molecular weight excluding hydrogens is 240 g/mol. The van der Waals surface area contributed by atoms with Gasteiger partial charge in [-0.05, 0) is 25.0 Å². The summed E-state index contributed by atoms with van der Waals surface area (Å²) in [4.78, 5) is 12.4. The first-order valence-corrected chi connectivity index (χ1v) is 6.80. The van der Waals surface area contributed by atoms with Crippen molar-refractivity contribution in [3.8, 4) is 5.75 Å². The highest BCUT2D eigenvalue weighted by molar-refractivity contribution is 5.95. The second-order valence-corrected chi connectivity index (χ2v) is 5.53. The summed E-state index contributed by atoms with van der Waals surface area (Å²) in [5.74, 6) is 0.686. The number of methoxy groups -OCH3 is 1. The number of nitrogen functional groups attached to an aromatic ring is 1. The number of nitrogens with one attached hydrogen (secondary N) is 1. The number of amides is 1. The molecule has 0 bridgehead atoms. The summed E-state index contributed by atoms with van der Waals surface area (Å²) in [6.45, 7) is 2.05. The van der Waals surface area contributed by atoms with Gasteiger partial charge < -0.3 is 15.8 Å². The van der Waals surface area contributed by atoms with Gasteiger partial charge in [-0.2, -0.15) is 0 Å². The standard InChI is InChI=1S/C15H22N2O2/c1-15(8-4-3-5-9-15)14(18)17-11-6-7-12(16)13(10-11)19-2/h6-7,10H,3-5,8-9,16H2,1-2H3,(H,17,18). The molecule has 0 radical (unpaired) electrons. The minimum atomic E-state index is -0.243. The molecule has 104 valence electrons. The number of ether oxygens (including phenoxy) is 1. The van der Waals surface area contributed by atoms with Crippen LogP contribution in [-0.4, -0.2) is 13.0 Å². The Balaban J connectivity index is 2.10. The summed E-state index contributed by atoms with van der Waals surface area (Å²) in [5.41, 5.74) is 6.83. The van der Waals surface area contributed by atoms with Gasteiger partial charge in [0.25, 0.3) is 0 Å². The van der Waals surface area contributed by atoms with Crippen molar-refractivity contribution in [2.24, 2.45) is 5.41 Å². The maximum absolute atomic E-state index is 12.4. The first-order chi connectivity index (χ1) is 9.05. The first-order valence-electron chi connectivity index (χ1n) is 6.80. The number of carbonyl (C=O) groups is 1. The van der Waals surface area contributed by atoms with E-state index in [9.17, 15) is 4.79 Å². The van der Waals surface area contributed by atoms with E-state index in [4.69, 9.17) is 10.5 Å². The number of carbonyl (C=O) groups excluding carboxylic acids is 1. The van der Waals surface area contributed by atoms with E-state index in [-0.39, 0.29) is 11.3 Å². The van der Waals surface area contributed by atoms with Crippen LogP contribution < -0.4 is 15.8 Å². The Kier molecular flexibility index (Phi) is 3.98. The number of hydrogen-bond acceptors (Lipinski definition) is 3. The molecule has 0 aromatic heterocycles. The predicted octanol–water partition coefficient (Wildman–Crippen LogP) is 3.19. The van der Waals surface area contributed by atoms with Crippen LogP contribution in [0.5, 0.6) is 5.75 Å². The van der Waals surface area contributed by atoms with Crippen molar-refractivity contribution in [3.05, 3.63) is 18.2 Å². The van der Waals surface area contributed by atoms with E-state index < -0.39 is 0 Å². The van der Waals surface area contributed by atoms with E-state index in [1.54, 1.807) is 19.2 Å². The summed E-state index contributed by atoms with van der Waals surface area (Å²) in [6.07, 6.45) is 5.43. The fraction of sp³-hybridized carbons (Fsp3) is 0.533. The van der Waals surface area contributed by atoms with Crippen molar-refractivity contribution in [2.75, 3.05) is 18.2 Å². The van der Waals surface area contributed by atoms with E-state index in [0.717, 1.165) is 31.4 Å². The van der Waals surface area contributed by atoms with Gasteiger partial charge in [0.2, 0.25) is 5.91 Å². The molecule has 4 nitrogen and oxygen atoms in total. The average molecular weight is 262 g/mol. The van der Waals surface area contributed by atoms with Crippen molar-refractivity contribution in [2.45, 2.75) is 39.0 Å². The fourth-order valence-electron chi connectivity index (χ4n) is 2.63. The third-order valence-electron chi connectivity index (χ3n) is 4.00. The van der Waals surface area contributed by atoms with Gasteiger partial charge in [0.05, 0.1) is 12.8 Å². The summed E-state index contributed by atoms with van der Waals surface area (Å²) in [5, 5.41) is 2.98. The monoisotopic (exact) mass is 262 g/mol. The second kappa shape index (κ2) is 5.51. The number of hydrogen-bond donors (Lipinski definition) is 2. The average Bonchev–Trinajstić information content (AvgIpc) is 2.41. The molecule has 0 heterocycles. The Morgan fingerprint density at radius 2 is 2.00 bits per heavy atom. The van der Waals surface area contributed by atoms with Crippen LogP contribution in [0.2, 0.25) is 0 Å². The molecule has 2 rings (SSSR count). The lowest BCUT2D eigenvalue weighted by Gasteiger charge is -2.32. The van der Waals surface area contributed by atoms with E-state index in [1.165, 1.54) is 6.42 Å². The van der Waals surface area contributed by atoms with Crippen molar-refractivity contribution in [1.82, 2.24) is 0 Å². The molecule has 1 saturated carbocycles. The minimum absolute atomic E-state index is 0.0963.